The van der Waals surface area contributed by atoms with Crippen LogP contribution in [0.4, 0.5) is 11.4 Å². The molecular formula is C25H25N3O5S. The van der Waals surface area contributed by atoms with E-state index >= 15 is 0 Å². The zero-order chi connectivity index (χ0) is 24.0. The molecule has 8 nitrogen and oxygen atoms in total. The molecule has 2 heterocycles. The molecule has 0 bridgehead atoms. The minimum absolute atomic E-state index is 0.0578. The highest BCUT2D eigenvalue weighted by atomic mass is 32.2. The topological polar surface area (TPSA) is 96.0 Å². The van der Waals surface area contributed by atoms with Crippen LogP contribution in [0, 0.1) is 0 Å². The minimum atomic E-state index is -3.80. The van der Waals surface area contributed by atoms with Crippen molar-refractivity contribution in [3.8, 4) is 0 Å². The van der Waals surface area contributed by atoms with Crippen LogP contribution in [0.5, 0.6) is 0 Å². The van der Waals surface area contributed by atoms with Crippen LogP contribution in [-0.2, 0) is 27.9 Å². The molecule has 1 N–H and O–H groups in total. The quantitative estimate of drug-likeness (QED) is 0.364. The maximum absolute atomic E-state index is 13.1. The van der Waals surface area contributed by atoms with Gasteiger partial charge in [0.2, 0.25) is 5.91 Å². The number of sulfonamides is 1. The molecule has 4 aromatic rings. The normalized spacial score (nSPS) is 11.5. The number of anilines is 2. The Kier molecular flexibility index (Phi) is 7.15. The fourth-order valence-corrected chi connectivity index (χ4v) is 4.73. The number of nitrogens with one attached hydrogen (secondary N) is 1. The first-order chi connectivity index (χ1) is 16.4. The molecule has 0 unspecified atom stereocenters. The zero-order valence-corrected chi connectivity index (χ0v) is 19.4. The summed E-state index contributed by atoms with van der Waals surface area (Å²) in [7, 11) is -2.30. The second kappa shape index (κ2) is 10.4. The van der Waals surface area contributed by atoms with E-state index in [-0.39, 0.29) is 17.3 Å². The van der Waals surface area contributed by atoms with Gasteiger partial charge in [-0.15, -0.1) is 0 Å². The van der Waals surface area contributed by atoms with Crippen molar-refractivity contribution < 1.29 is 22.0 Å². The Morgan fingerprint density at radius 1 is 0.853 bits per heavy atom. The Labute approximate surface area is 198 Å². The van der Waals surface area contributed by atoms with Crippen molar-refractivity contribution in [2.75, 3.05) is 23.2 Å². The first-order valence-electron chi connectivity index (χ1n) is 10.6. The Bertz CT molecular complexity index is 1270. The highest BCUT2D eigenvalue weighted by molar-refractivity contribution is 7.92. The third kappa shape index (κ3) is 5.75. The number of hydrogen-bond donors (Lipinski definition) is 1. The summed E-state index contributed by atoms with van der Waals surface area (Å²) < 4.78 is 38.2. The second-order valence-electron chi connectivity index (χ2n) is 7.69. The van der Waals surface area contributed by atoms with Crippen molar-refractivity contribution in [1.82, 2.24) is 4.90 Å². The van der Waals surface area contributed by atoms with E-state index in [2.05, 4.69) is 5.32 Å². The van der Waals surface area contributed by atoms with Gasteiger partial charge in [-0.25, -0.2) is 8.42 Å². The van der Waals surface area contributed by atoms with Crippen molar-refractivity contribution in [3.05, 3.63) is 103 Å². The minimum Gasteiger partial charge on any atom is -0.468 e. The molecule has 176 valence electrons. The lowest BCUT2D eigenvalue weighted by atomic mass is 10.3. The van der Waals surface area contributed by atoms with Crippen LogP contribution in [-0.4, -0.2) is 32.8 Å². The van der Waals surface area contributed by atoms with Gasteiger partial charge in [-0.05, 0) is 54.6 Å². The van der Waals surface area contributed by atoms with Gasteiger partial charge in [-0.3, -0.25) is 14.0 Å². The Hall–Kier alpha value is -3.82. The van der Waals surface area contributed by atoms with Crippen molar-refractivity contribution >= 4 is 27.3 Å². The summed E-state index contributed by atoms with van der Waals surface area (Å²) in [6, 6.07) is 22.3. The molecule has 0 saturated heterocycles. The van der Waals surface area contributed by atoms with Crippen LogP contribution in [0.3, 0.4) is 0 Å². The SMILES string of the molecule is CN(c1ccccc1)S(=O)(=O)c1cccc(NC(=O)CN(Cc2ccco2)Cc2ccco2)c1. The van der Waals surface area contributed by atoms with E-state index in [1.807, 2.05) is 23.1 Å². The van der Waals surface area contributed by atoms with Gasteiger partial charge in [0.25, 0.3) is 10.0 Å². The molecular weight excluding hydrogens is 454 g/mol. The lowest BCUT2D eigenvalue weighted by Crippen LogP contribution is -2.32. The van der Waals surface area contributed by atoms with E-state index in [0.29, 0.717) is 24.5 Å². The highest BCUT2D eigenvalue weighted by Crippen LogP contribution is 2.23. The predicted molar refractivity (Wildman–Crippen MR) is 129 cm³/mol. The van der Waals surface area contributed by atoms with Crippen LogP contribution in [0.25, 0.3) is 0 Å². The Morgan fingerprint density at radius 3 is 2.09 bits per heavy atom. The number of nitrogens with zero attached hydrogens (tertiary/aromatic N) is 2. The highest BCUT2D eigenvalue weighted by Gasteiger charge is 2.22. The first-order valence-corrected chi connectivity index (χ1v) is 12.1. The van der Waals surface area contributed by atoms with Crippen molar-refractivity contribution in [2.24, 2.45) is 0 Å². The number of furan rings is 2. The van der Waals surface area contributed by atoms with Crippen LogP contribution in [0.2, 0.25) is 0 Å². The monoisotopic (exact) mass is 479 g/mol. The van der Waals surface area contributed by atoms with Crippen LogP contribution in [0.1, 0.15) is 11.5 Å². The lowest BCUT2D eigenvalue weighted by Gasteiger charge is -2.21. The van der Waals surface area contributed by atoms with Gasteiger partial charge in [0, 0.05) is 12.7 Å². The molecule has 2 aromatic carbocycles. The smallest absolute Gasteiger partial charge is 0.264 e. The van der Waals surface area contributed by atoms with E-state index in [1.54, 1.807) is 61.1 Å². The van der Waals surface area contributed by atoms with Crippen molar-refractivity contribution in [2.45, 2.75) is 18.0 Å². The van der Waals surface area contributed by atoms with E-state index in [0.717, 1.165) is 11.5 Å². The van der Waals surface area contributed by atoms with Crippen LogP contribution < -0.4 is 9.62 Å². The molecule has 0 fully saturated rings. The molecule has 9 heteroatoms. The molecule has 0 spiro atoms. The van der Waals surface area contributed by atoms with E-state index in [4.69, 9.17) is 8.83 Å². The number of carbonyl (C=O) groups is 1. The predicted octanol–water partition coefficient (Wildman–Crippen LogP) is 4.34. The van der Waals surface area contributed by atoms with E-state index in [9.17, 15) is 13.2 Å². The average molecular weight is 480 g/mol. The van der Waals surface area contributed by atoms with Gasteiger partial charge in [0.05, 0.1) is 42.7 Å². The first kappa shape index (κ1) is 23.3. The number of benzene rings is 2. The molecule has 0 aliphatic heterocycles. The number of carbonyl (C=O) groups excluding carboxylic acids is 1. The molecule has 34 heavy (non-hydrogen) atoms. The standard InChI is InChI=1S/C25H25N3O5S/c1-27(21-9-3-2-4-10-21)34(30,31)24-13-5-8-20(16-24)26-25(29)19-28(17-22-11-6-14-32-22)18-23-12-7-15-33-23/h2-16H,17-19H2,1H3,(H,26,29). The molecule has 0 aliphatic rings. The van der Waals surface area contributed by atoms with E-state index in [1.165, 1.54) is 23.5 Å². The fourth-order valence-electron chi connectivity index (χ4n) is 3.49. The maximum Gasteiger partial charge on any atom is 0.264 e. The summed E-state index contributed by atoms with van der Waals surface area (Å²) >= 11 is 0. The number of hydrogen-bond acceptors (Lipinski definition) is 6. The lowest BCUT2D eigenvalue weighted by molar-refractivity contribution is -0.117. The summed E-state index contributed by atoms with van der Waals surface area (Å²) in [5.41, 5.74) is 0.937. The van der Waals surface area contributed by atoms with Gasteiger partial charge < -0.3 is 14.2 Å². The average Bonchev–Trinajstić information content (AvgIpc) is 3.54. The van der Waals surface area contributed by atoms with E-state index < -0.39 is 10.0 Å². The molecule has 0 aliphatic carbocycles. The Balaban J connectivity index is 1.46. The van der Waals surface area contributed by atoms with Gasteiger partial charge in [0.1, 0.15) is 11.5 Å². The molecule has 1 amide bonds. The van der Waals surface area contributed by atoms with Gasteiger partial charge in [0.15, 0.2) is 0 Å². The largest absolute Gasteiger partial charge is 0.468 e. The van der Waals surface area contributed by atoms with Crippen molar-refractivity contribution in [1.29, 1.82) is 0 Å². The summed E-state index contributed by atoms with van der Waals surface area (Å²) in [5, 5.41) is 2.80. The summed E-state index contributed by atoms with van der Waals surface area (Å²) in [4.78, 5) is 14.8. The Morgan fingerprint density at radius 2 is 1.50 bits per heavy atom. The molecule has 0 saturated carbocycles. The third-order valence-electron chi connectivity index (χ3n) is 5.18. The summed E-state index contributed by atoms with van der Waals surface area (Å²) in [6.07, 6.45) is 3.16. The van der Waals surface area contributed by atoms with Crippen molar-refractivity contribution in [3.63, 3.8) is 0 Å². The van der Waals surface area contributed by atoms with Crippen LogP contribution in [0.15, 0.2) is 105 Å². The van der Waals surface area contributed by atoms with Gasteiger partial charge in [-0.1, -0.05) is 24.3 Å². The molecule has 0 atom stereocenters. The molecule has 2 aromatic heterocycles. The maximum atomic E-state index is 13.1. The number of para-hydroxylation sites is 1. The number of rotatable bonds is 10. The third-order valence-corrected chi connectivity index (χ3v) is 6.96. The van der Waals surface area contributed by atoms with Gasteiger partial charge in [-0.2, -0.15) is 0 Å². The molecule has 0 radical (unpaired) electrons. The summed E-state index contributed by atoms with van der Waals surface area (Å²) in [6.45, 7) is 0.886. The van der Waals surface area contributed by atoms with Gasteiger partial charge >= 0.3 is 0 Å². The molecule has 4 rings (SSSR count). The van der Waals surface area contributed by atoms with Crippen LogP contribution >= 0.6 is 0 Å². The zero-order valence-electron chi connectivity index (χ0n) is 18.6. The second-order valence-corrected chi connectivity index (χ2v) is 9.66. The summed E-state index contributed by atoms with van der Waals surface area (Å²) in [5.74, 6) is 1.15. The fraction of sp³-hybridized carbons (Fsp3) is 0.160. The number of amides is 1.